The number of fused-ring (bicyclic) bond motifs is 3. The summed E-state index contributed by atoms with van der Waals surface area (Å²) >= 11 is 0. The van der Waals surface area contributed by atoms with E-state index in [1.807, 2.05) is 13.8 Å². The molecule has 228 valence electrons. The van der Waals surface area contributed by atoms with Crippen molar-refractivity contribution in [3.8, 4) is 0 Å². The molecule has 9 nitrogen and oxygen atoms in total. The molecule has 2 aliphatic carbocycles. The Morgan fingerprint density at radius 2 is 1.86 bits per heavy atom. The molecule has 8 atom stereocenters. The molecular weight excluding hydrogens is 559 g/mol. The molecule has 1 aromatic heterocycles. The van der Waals surface area contributed by atoms with Gasteiger partial charge in [0.15, 0.2) is 0 Å². The number of hydrogen-bond acceptors (Lipinski definition) is 8. The Morgan fingerprint density at radius 1 is 1.07 bits per heavy atom. The lowest BCUT2D eigenvalue weighted by molar-refractivity contribution is -0.494. The molecule has 3 saturated heterocycles. The zero-order valence-corrected chi connectivity index (χ0v) is 23.6. The summed E-state index contributed by atoms with van der Waals surface area (Å²) in [6.07, 6.45) is -1.79. The maximum Gasteiger partial charge on any atom is 0.417 e. The molecule has 1 spiro atoms. The van der Waals surface area contributed by atoms with Crippen LogP contribution in [0.25, 0.3) is 11.0 Å². The third kappa shape index (κ3) is 5.01. The van der Waals surface area contributed by atoms with Crippen molar-refractivity contribution in [3.05, 3.63) is 40.2 Å². The number of carbonyl (C=O) groups excluding carboxylic acids is 2. The van der Waals surface area contributed by atoms with Crippen LogP contribution in [0.2, 0.25) is 0 Å². The van der Waals surface area contributed by atoms with E-state index in [0.717, 1.165) is 37.8 Å². The maximum atomic E-state index is 13.3. The van der Waals surface area contributed by atoms with Crippen LogP contribution in [0.1, 0.15) is 71.3 Å². The molecule has 42 heavy (non-hydrogen) atoms. The van der Waals surface area contributed by atoms with Crippen LogP contribution in [0.5, 0.6) is 0 Å². The van der Waals surface area contributed by atoms with Crippen molar-refractivity contribution in [1.82, 2.24) is 0 Å². The standard InChI is InChI=1S/C30H34F3NO8/c1-15-4-7-20-16(2)27(39-23-14-28(3)11-10-19(15)29(20,23)42-41-28)40-25(36)9-8-24(35)34-17-5-6-18-21(30(31,32)33)13-26(37)38-22(18)12-17/h5-6,12-13,15-16,19-20,23,27H,4,7-11,14H2,1-3H3,(H,34,35)/t15-,16-,19+,20+,23-,27+,28+,29-/m1/s1. The molecule has 1 N–H and O–H groups in total. The highest BCUT2D eigenvalue weighted by atomic mass is 19.4. The van der Waals surface area contributed by atoms with E-state index in [0.29, 0.717) is 18.4 Å². The van der Waals surface area contributed by atoms with Gasteiger partial charge in [-0.05, 0) is 56.6 Å². The van der Waals surface area contributed by atoms with E-state index in [-0.39, 0.29) is 53.4 Å². The number of carbonyl (C=O) groups is 2. The lowest BCUT2D eigenvalue weighted by Gasteiger charge is -2.60. The lowest BCUT2D eigenvalue weighted by atomic mass is 9.56. The Kier molecular flexibility index (Phi) is 7.17. The summed E-state index contributed by atoms with van der Waals surface area (Å²) in [5, 5.41) is 2.22. The molecule has 12 heteroatoms. The van der Waals surface area contributed by atoms with E-state index < -0.39 is 46.7 Å². The van der Waals surface area contributed by atoms with Gasteiger partial charge in [0, 0.05) is 47.9 Å². The Balaban J connectivity index is 1.09. The van der Waals surface area contributed by atoms with Gasteiger partial charge in [-0.25, -0.2) is 14.6 Å². The summed E-state index contributed by atoms with van der Waals surface area (Å²) in [4.78, 5) is 49.3. The Morgan fingerprint density at radius 3 is 2.62 bits per heavy atom. The predicted octanol–water partition coefficient (Wildman–Crippen LogP) is 5.74. The van der Waals surface area contributed by atoms with Crippen LogP contribution < -0.4 is 10.9 Å². The summed E-state index contributed by atoms with van der Waals surface area (Å²) in [6, 6.07) is 3.91. The topological polar surface area (TPSA) is 113 Å². The molecule has 2 aromatic rings. The fraction of sp³-hybridized carbons (Fsp3) is 0.633. The summed E-state index contributed by atoms with van der Waals surface area (Å²) in [6.45, 7) is 6.28. The molecule has 2 saturated carbocycles. The van der Waals surface area contributed by atoms with Crippen molar-refractivity contribution in [2.24, 2.45) is 23.7 Å². The monoisotopic (exact) mass is 593 g/mol. The second kappa shape index (κ2) is 10.3. The van der Waals surface area contributed by atoms with Crippen LogP contribution in [0, 0.1) is 23.7 Å². The average Bonchev–Trinajstić information content (AvgIpc) is 3.15. The Bertz CT molecular complexity index is 1460. The molecule has 7 rings (SSSR count). The van der Waals surface area contributed by atoms with Crippen molar-refractivity contribution in [3.63, 3.8) is 0 Å². The first kappa shape index (κ1) is 29.1. The van der Waals surface area contributed by atoms with Crippen LogP contribution in [-0.4, -0.2) is 35.5 Å². The minimum atomic E-state index is -4.74. The smallest absolute Gasteiger partial charge is 0.417 e. The third-order valence-electron chi connectivity index (χ3n) is 9.77. The van der Waals surface area contributed by atoms with Gasteiger partial charge in [0.1, 0.15) is 16.8 Å². The van der Waals surface area contributed by atoms with Gasteiger partial charge in [0.05, 0.1) is 18.1 Å². The molecule has 1 aromatic carbocycles. The van der Waals surface area contributed by atoms with Gasteiger partial charge >= 0.3 is 17.8 Å². The molecule has 5 fully saturated rings. The van der Waals surface area contributed by atoms with Gasteiger partial charge in [-0.2, -0.15) is 13.2 Å². The minimum Gasteiger partial charge on any atom is -0.435 e. The van der Waals surface area contributed by atoms with Crippen molar-refractivity contribution in [1.29, 1.82) is 0 Å². The first-order valence-electron chi connectivity index (χ1n) is 14.5. The van der Waals surface area contributed by atoms with Crippen molar-refractivity contribution < 1.29 is 46.4 Å². The first-order valence-corrected chi connectivity index (χ1v) is 14.5. The van der Waals surface area contributed by atoms with E-state index in [1.54, 1.807) is 0 Å². The van der Waals surface area contributed by atoms with E-state index in [9.17, 15) is 27.6 Å². The fourth-order valence-corrected chi connectivity index (χ4v) is 7.66. The number of amides is 1. The number of alkyl halides is 3. The number of ether oxygens (including phenoxy) is 2. The number of esters is 1. The second-order valence-electron chi connectivity index (χ2n) is 12.6. The molecule has 0 radical (unpaired) electrons. The maximum absolute atomic E-state index is 13.3. The average molecular weight is 594 g/mol. The predicted molar refractivity (Wildman–Crippen MR) is 142 cm³/mol. The lowest BCUT2D eigenvalue weighted by Crippen LogP contribution is -2.69. The van der Waals surface area contributed by atoms with E-state index >= 15 is 0 Å². The quantitative estimate of drug-likeness (QED) is 0.265. The van der Waals surface area contributed by atoms with Gasteiger partial charge in [-0.15, -0.1) is 0 Å². The zero-order chi connectivity index (χ0) is 30.0. The van der Waals surface area contributed by atoms with Crippen LogP contribution in [0.15, 0.2) is 33.5 Å². The number of nitrogens with one attached hydrogen (secondary N) is 1. The highest BCUT2D eigenvalue weighted by molar-refractivity contribution is 5.95. The van der Waals surface area contributed by atoms with E-state index in [4.69, 9.17) is 23.7 Å². The molecule has 2 bridgehead atoms. The molecule has 5 aliphatic rings. The summed E-state index contributed by atoms with van der Waals surface area (Å²) in [5.74, 6) is -0.454. The van der Waals surface area contributed by atoms with Crippen molar-refractivity contribution in [2.75, 3.05) is 5.32 Å². The van der Waals surface area contributed by atoms with Gasteiger partial charge < -0.3 is 19.2 Å². The molecule has 0 unspecified atom stereocenters. The highest BCUT2D eigenvalue weighted by Crippen LogP contribution is 2.61. The first-order chi connectivity index (χ1) is 19.8. The van der Waals surface area contributed by atoms with Gasteiger partial charge in [0.25, 0.3) is 0 Å². The summed E-state index contributed by atoms with van der Waals surface area (Å²) in [5.41, 5.74) is -3.52. The number of rotatable bonds is 5. The SMILES string of the molecule is C[C@H]1[C@H](OC(=O)CCC(=O)Nc2ccc3c(C(F)(F)F)cc(=O)oc3c2)O[C@@H]2C[C@]3(C)CC[C@H]4[C@H](C)CC[C@@H]1[C@@]24OO3. The number of benzene rings is 1. The summed E-state index contributed by atoms with van der Waals surface area (Å²) in [7, 11) is 0. The van der Waals surface area contributed by atoms with Crippen LogP contribution in [0.4, 0.5) is 18.9 Å². The number of hydrogen-bond donors (Lipinski definition) is 1. The third-order valence-corrected chi connectivity index (χ3v) is 9.77. The van der Waals surface area contributed by atoms with Gasteiger partial charge in [-0.3, -0.25) is 9.59 Å². The normalized spacial score (nSPS) is 35.8. The van der Waals surface area contributed by atoms with Crippen LogP contribution >= 0.6 is 0 Å². The Hall–Kier alpha value is -2.96. The summed E-state index contributed by atoms with van der Waals surface area (Å²) < 4.78 is 57.0. The van der Waals surface area contributed by atoms with Crippen molar-refractivity contribution >= 4 is 28.5 Å². The van der Waals surface area contributed by atoms with Crippen LogP contribution in [0.3, 0.4) is 0 Å². The Labute approximate surface area is 239 Å². The van der Waals surface area contributed by atoms with Gasteiger partial charge in [0.2, 0.25) is 12.2 Å². The highest BCUT2D eigenvalue weighted by Gasteiger charge is 2.68. The van der Waals surface area contributed by atoms with Gasteiger partial charge in [-0.1, -0.05) is 13.8 Å². The number of halogens is 3. The molecular formula is C30H34F3NO8. The fourth-order valence-electron chi connectivity index (χ4n) is 7.66. The van der Waals surface area contributed by atoms with Crippen molar-refractivity contribution in [2.45, 2.75) is 95.5 Å². The van der Waals surface area contributed by atoms with E-state index in [2.05, 4.69) is 12.2 Å². The molecule has 3 aliphatic heterocycles. The second-order valence-corrected chi connectivity index (χ2v) is 12.6. The largest absolute Gasteiger partial charge is 0.435 e. The number of anilines is 1. The zero-order valence-electron chi connectivity index (χ0n) is 23.6. The minimum absolute atomic E-state index is 0.0898. The van der Waals surface area contributed by atoms with E-state index in [1.165, 1.54) is 6.07 Å². The van der Waals surface area contributed by atoms with Crippen LogP contribution in [-0.2, 0) is 35.0 Å². The molecule has 4 heterocycles. The molecule has 1 amide bonds.